The summed E-state index contributed by atoms with van der Waals surface area (Å²) in [6.45, 7) is 5.42. The van der Waals surface area contributed by atoms with E-state index in [1.807, 2.05) is 24.4 Å². The van der Waals surface area contributed by atoms with Gasteiger partial charge in [-0.15, -0.1) is 0 Å². The number of methoxy groups -OCH3 is 1. The summed E-state index contributed by atoms with van der Waals surface area (Å²) >= 11 is 0. The van der Waals surface area contributed by atoms with Crippen LogP contribution in [0.15, 0.2) is 24.4 Å². The van der Waals surface area contributed by atoms with Crippen LogP contribution in [0.25, 0.3) is 21.8 Å². The molecule has 1 aromatic carbocycles. The van der Waals surface area contributed by atoms with E-state index in [4.69, 9.17) is 19.4 Å². The van der Waals surface area contributed by atoms with Gasteiger partial charge in [0.25, 0.3) is 0 Å². The molecule has 1 N–H and O–H groups in total. The van der Waals surface area contributed by atoms with Crippen molar-refractivity contribution in [3.05, 3.63) is 24.4 Å². The second-order valence-electron chi connectivity index (χ2n) is 8.06. The Kier molecular flexibility index (Phi) is 5.26. The number of benzene rings is 1. The highest BCUT2D eigenvalue weighted by Crippen LogP contribution is 2.32. The molecule has 3 aromatic rings. The van der Waals surface area contributed by atoms with E-state index in [9.17, 15) is 0 Å². The number of hydrogen-bond acceptors (Lipinski definition) is 8. The molecule has 0 saturated carbocycles. The van der Waals surface area contributed by atoms with Gasteiger partial charge >= 0.3 is 0 Å². The van der Waals surface area contributed by atoms with Gasteiger partial charge in [-0.1, -0.05) is 0 Å². The summed E-state index contributed by atoms with van der Waals surface area (Å²) < 4.78 is 11.7. The number of hydrogen-bond donors (Lipinski definition) is 1. The fourth-order valence-corrected chi connectivity index (χ4v) is 4.33. The second kappa shape index (κ2) is 8.20. The lowest BCUT2D eigenvalue weighted by atomic mass is 10.1. The van der Waals surface area contributed by atoms with Crippen molar-refractivity contribution in [3.8, 4) is 11.6 Å². The molecular formula is C22H28N6O2. The summed E-state index contributed by atoms with van der Waals surface area (Å²) in [5, 5.41) is 5.17. The van der Waals surface area contributed by atoms with E-state index in [0.717, 1.165) is 72.6 Å². The smallest absolute Gasteiger partial charge is 0.225 e. The molecule has 158 valence electrons. The topological polar surface area (TPSA) is 75.6 Å². The molecule has 0 radical (unpaired) electrons. The minimum absolute atomic E-state index is 0.425. The molecule has 2 saturated heterocycles. The summed E-state index contributed by atoms with van der Waals surface area (Å²) in [6.07, 6.45) is 4.23. The molecule has 0 amide bonds. The fraction of sp³-hybridized carbons (Fsp3) is 0.500. The van der Waals surface area contributed by atoms with Crippen molar-refractivity contribution in [2.45, 2.75) is 18.9 Å². The molecular weight excluding hydrogens is 380 g/mol. The minimum atomic E-state index is 0.425. The SMILES string of the molecule is COc1ccc2nc(OCC3CCCN3C)c3cnc(N4CCNCC4)nc3c2c1. The maximum Gasteiger partial charge on any atom is 0.225 e. The van der Waals surface area contributed by atoms with E-state index in [1.165, 1.54) is 6.42 Å². The predicted molar refractivity (Wildman–Crippen MR) is 118 cm³/mol. The van der Waals surface area contributed by atoms with Crippen molar-refractivity contribution in [2.24, 2.45) is 0 Å². The van der Waals surface area contributed by atoms with Crippen molar-refractivity contribution < 1.29 is 9.47 Å². The number of piperazine rings is 1. The molecule has 8 heteroatoms. The average Bonchev–Trinajstić information content (AvgIpc) is 3.22. The van der Waals surface area contributed by atoms with E-state index in [1.54, 1.807) is 7.11 Å². The maximum atomic E-state index is 6.24. The molecule has 0 aliphatic carbocycles. The number of likely N-dealkylation sites (N-methyl/N-ethyl adjacent to an activating group) is 1. The molecule has 0 bridgehead atoms. The Balaban J connectivity index is 1.58. The van der Waals surface area contributed by atoms with Gasteiger partial charge in [-0.2, -0.15) is 0 Å². The van der Waals surface area contributed by atoms with Gasteiger partial charge < -0.3 is 24.6 Å². The van der Waals surface area contributed by atoms with Crippen molar-refractivity contribution in [2.75, 3.05) is 58.4 Å². The number of likely N-dealkylation sites (tertiary alicyclic amines) is 1. The Labute approximate surface area is 176 Å². The van der Waals surface area contributed by atoms with E-state index < -0.39 is 0 Å². The lowest BCUT2D eigenvalue weighted by Gasteiger charge is -2.27. The standard InChI is InChI=1S/C22H28N6O2/c1-27-9-3-4-15(27)14-30-21-18-13-24-22(28-10-7-23-8-11-28)26-20(18)17-12-16(29-2)5-6-19(17)25-21/h5-6,12-13,15,23H,3-4,7-11,14H2,1-2H3. The monoisotopic (exact) mass is 408 g/mol. The molecule has 2 aromatic heterocycles. The molecule has 2 fully saturated rings. The number of anilines is 1. The minimum Gasteiger partial charge on any atom is -0.497 e. The van der Waals surface area contributed by atoms with Gasteiger partial charge in [0.15, 0.2) is 0 Å². The normalized spacial score (nSPS) is 20.2. The van der Waals surface area contributed by atoms with Gasteiger partial charge in [0.2, 0.25) is 11.8 Å². The van der Waals surface area contributed by atoms with Crippen LogP contribution in [0.3, 0.4) is 0 Å². The predicted octanol–water partition coefficient (Wildman–Crippen LogP) is 2.07. The number of pyridine rings is 1. The number of nitrogens with one attached hydrogen (secondary N) is 1. The number of rotatable bonds is 5. The number of fused-ring (bicyclic) bond motifs is 3. The fourth-order valence-electron chi connectivity index (χ4n) is 4.33. The summed E-state index contributed by atoms with van der Waals surface area (Å²) in [6, 6.07) is 6.31. The maximum absolute atomic E-state index is 6.24. The van der Waals surface area contributed by atoms with Crippen LogP contribution in [0, 0.1) is 0 Å². The quantitative estimate of drug-likeness (QED) is 0.643. The molecule has 8 nitrogen and oxygen atoms in total. The van der Waals surface area contributed by atoms with Gasteiger partial charge in [0.05, 0.1) is 23.5 Å². The first-order valence-corrected chi connectivity index (χ1v) is 10.7. The highest BCUT2D eigenvalue weighted by molar-refractivity contribution is 6.06. The average molecular weight is 409 g/mol. The van der Waals surface area contributed by atoms with Gasteiger partial charge in [-0.3, -0.25) is 0 Å². The van der Waals surface area contributed by atoms with Crippen LogP contribution in [0.2, 0.25) is 0 Å². The molecule has 5 rings (SSSR count). The van der Waals surface area contributed by atoms with Gasteiger partial charge in [0, 0.05) is 43.8 Å². The Morgan fingerprint density at radius 1 is 1.13 bits per heavy atom. The van der Waals surface area contributed by atoms with Gasteiger partial charge in [-0.05, 0) is 44.6 Å². The van der Waals surface area contributed by atoms with Crippen molar-refractivity contribution in [3.63, 3.8) is 0 Å². The summed E-state index contributed by atoms with van der Waals surface area (Å²) in [5.74, 6) is 2.14. The summed E-state index contributed by atoms with van der Waals surface area (Å²) in [4.78, 5) is 19.0. The lowest BCUT2D eigenvalue weighted by Crippen LogP contribution is -2.44. The third kappa shape index (κ3) is 3.61. The van der Waals surface area contributed by atoms with Crippen LogP contribution in [0.4, 0.5) is 5.95 Å². The molecule has 0 spiro atoms. The van der Waals surface area contributed by atoms with Crippen molar-refractivity contribution >= 4 is 27.8 Å². The first-order valence-electron chi connectivity index (χ1n) is 10.7. The Morgan fingerprint density at radius 3 is 2.77 bits per heavy atom. The molecule has 2 aliphatic heterocycles. The van der Waals surface area contributed by atoms with Crippen molar-refractivity contribution in [1.82, 2.24) is 25.2 Å². The second-order valence-corrected chi connectivity index (χ2v) is 8.06. The molecule has 1 atom stereocenters. The molecule has 1 unspecified atom stereocenters. The number of nitrogens with zero attached hydrogens (tertiary/aromatic N) is 5. The molecule has 4 heterocycles. The van der Waals surface area contributed by atoms with Crippen LogP contribution < -0.4 is 19.7 Å². The number of ether oxygens (including phenoxy) is 2. The van der Waals surface area contributed by atoms with E-state index in [-0.39, 0.29) is 0 Å². The van der Waals surface area contributed by atoms with Crippen LogP contribution in [-0.4, -0.2) is 79.4 Å². The van der Waals surface area contributed by atoms with Crippen LogP contribution in [-0.2, 0) is 0 Å². The highest BCUT2D eigenvalue weighted by Gasteiger charge is 2.23. The zero-order chi connectivity index (χ0) is 20.5. The lowest BCUT2D eigenvalue weighted by molar-refractivity contribution is 0.195. The van der Waals surface area contributed by atoms with Crippen molar-refractivity contribution in [1.29, 1.82) is 0 Å². The first-order chi connectivity index (χ1) is 14.7. The van der Waals surface area contributed by atoms with Crippen LogP contribution >= 0.6 is 0 Å². The largest absolute Gasteiger partial charge is 0.497 e. The summed E-state index contributed by atoms with van der Waals surface area (Å²) in [5.41, 5.74) is 1.71. The Hall–Kier alpha value is -2.71. The van der Waals surface area contributed by atoms with Crippen LogP contribution in [0.5, 0.6) is 11.6 Å². The summed E-state index contributed by atoms with van der Waals surface area (Å²) in [7, 11) is 3.83. The third-order valence-electron chi connectivity index (χ3n) is 6.17. The van der Waals surface area contributed by atoms with Gasteiger partial charge in [-0.25, -0.2) is 15.0 Å². The Morgan fingerprint density at radius 2 is 2.00 bits per heavy atom. The zero-order valence-corrected chi connectivity index (χ0v) is 17.6. The zero-order valence-electron chi connectivity index (χ0n) is 17.6. The third-order valence-corrected chi connectivity index (χ3v) is 6.17. The van der Waals surface area contributed by atoms with Crippen LogP contribution in [0.1, 0.15) is 12.8 Å². The molecule has 2 aliphatic rings. The van der Waals surface area contributed by atoms with E-state index in [0.29, 0.717) is 18.5 Å². The first kappa shape index (κ1) is 19.3. The van der Waals surface area contributed by atoms with E-state index in [2.05, 4.69) is 27.1 Å². The number of aromatic nitrogens is 3. The van der Waals surface area contributed by atoms with E-state index >= 15 is 0 Å². The molecule has 30 heavy (non-hydrogen) atoms. The van der Waals surface area contributed by atoms with Gasteiger partial charge in [0.1, 0.15) is 12.4 Å². The Bertz CT molecular complexity index is 1050. The highest BCUT2D eigenvalue weighted by atomic mass is 16.5.